The van der Waals surface area contributed by atoms with E-state index in [4.69, 9.17) is 4.74 Å². The summed E-state index contributed by atoms with van der Waals surface area (Å²) in [5.41, 5.74) is 0. The number of nitrogens with one attached hydrogen (secondary N) is 1. The highest BCUT2D eigenvalue weighted by Gasteiger charge is 2.12. The van der Waals surface area contributed by atoms with Gasteiger partial charge in [0.25, 0.3) is 0 Å². The Morgan fingerprint density at radius 2 is 2.05 bits per heavy atom. The number of pyridine rings is 1. The molecule has 1 N–H and O–H groups in total. The average molecular weight is 290 g/mol. The molecule has 108 valence electrons. The SMILES string of the molecule is C[Si](C)(C)CCOCn1nccc1Nc1ccccn1. The number of hydrogen-bond donors (Lipinski definition) is 1. The normalized spacial score (nSPS) is 11.6. The Morgan fingerprint density at radius 1 is 1.20 bits per heavy atom. The molecule has 0 fully saturated rings. The molecule has 2 aromatic heterocycles. The summed E-state index contributed by atoms with van der Waals surface area (Å²) in [7, 11) is -1.03. The number of nitrogens with zero attached hydrogens (tertiary/aromatic N) is 3. The molecule has 0 spiro atoms. The van der Waals surface area contributed by atoms with E-state index in [9.17, 15) is 0 Å². The van der Waals surface area contributed by atoms with Crippen LogP contribution in [0.1, 0.15) is 0 Å². The number of ether oxygens (including phenoxy) is 1. The molecule has 0 saturated heterocycles. The molecule has 2 rings (SSSR count). The van der Waals surface area contributed by atoms with Crippen LogP contribution in [0.25, 0.3) is 0 Å². The lowest BCUT2D eigenvalue weighted by atomic mass is 10.4. The molecule has 0 aliphatic rings. The predicted octanol–water partition coefficient (Wildman–Crippen LogP) is 3.33. The zero-order valence-electron chi connectivity index (χ0n) is 12.3. The Bertz CT molecular complexity index is 521. The van der Waals surface area contributed by atoms with Gasteiger partial charge in [-0.3, -0.25) is 0 Å². The van der Waals surface area contributed by atoms with E-state index in [1.165, 1.54) is 0 Å². The topological polar surface area (TPSA) is 52.0 Å². The Morgan fingerprint density at radius 3 is 2.75 bits per heavy atom. The summed E-state index contributed by atoms with van der Waals surface area (Å²) in [5, 5.41) is 7.49. The van der Waals surface area contributed by atoms with Crippen LogP contribution in [0.2, 0.25) is 25.7 Å². The fraction of sp³-hybridized carbons (Fsp3) is 0.429. The maximum absolute atomic E-state index is 5.71. The lowest BCUT2D eigenvalue weighted by Gasteiger charge is -2.16. The molecule has 0 amide bonds. The molecule has 2 aromatic rings. The van der Waals surface area contributed by atoms with Gasteiger partial charge in [-0.25, -0.2) is 9.67 Å². The van der Waals surface area contributed by atoms with Gasteiger partial charge in [0, 0.05) is 26.9 Å². The summed E-state index contributed by atoms with van der Waals surface area (Å²) >= 11 is 0. The third-order valence-electron chi connectivity index (χ3n) is 2.85. The quantitative estimate of drug-likeness (QED) is 0.627. The minimum absolute atomic E-state index is 0.465. The minimum Gasteiger partial charge on any atom is -0.359 e. The van der Waals surface area contributed by atoms with Gasteiger partial charge in [0.15, 0.2) is 0 Å². The summed E-state index contributed by atoms with van der Waals surface area (Å²) in [6, 6.07) is 8.83. The van der Waals surface area contributed by atoms with E-state index >= 15 is 0 Å². The van der Waals surface area contributed by atoms with Crippen molar-refractivity contribution in [3.05, 3.63) is 36.7 Å². The van der Waals surface area contributed by atoms with Gasteiger partial charge in [-0.1, -0.05) is 25.7 Å². The van der Waals surface area contributed by atoms with Gasteiger partial charge in [0.05, 0.1) is 6.20 Å². The molecular formula is C14H22N4OSi. The van der Waals surface area contributed by atoms with Crippen molar-refractivity contribution < 1.29 is 4.74 Å². The van der Waals surface area contributed by atoms with Gasteiger partial charge in [0.1, 0.15) is 18.4 Å². The van der Waals surface area contributed by atoms with Crippen molar-refractivity contribution >= 4 is 19.7 Å². The van der Waals surface area contributed by atoms with Gasteiger partial charge in [-0.15, -0.1) is 0 Å². The first-order valence-corrected chi connectivity index (χ1v) is 10.5. The van der Waals surface area contributed by atoms with Gasteiger partial charge in [-0.05, 0) is 18.2 Å². The lowest BCUT2D eigenvalue weighted by Crippen LogP contribution is -2.22. The Hall–Kier alpha value is -1.66. The maximum Gasteiger partial charge on any atom is 0.141 e. The van der Waals surface area contributed by atoms with Crippen molar-refractivity contribution in [2.75, 3.05) is 11.9 Å². The third kappa shape index (κ3) is 4.79. The van der Waals surface area contributed by atoms with Crippen molar-refractivity contribution in [2.24, 2.45) is 0 Å². The maximum atomic E-state index is 5.71. The van der Waals surface area contributed by atoms with E-state index in [0.717, 1.165) is 24.3 Å². The van der Waals surface area contributed by atoms with Crippen LogP contribution >= 0.6 is 0 Å². The van der Waals surface area contributed by atoms with Gasteiger partial charge in [0.2, 0.25) is 0 Å². The molecule has 0 radical (unpaired) electrons. The van der Waals surface area contributed by atoms with E-state index < -0.39 is 8.07 Å². The first-order chi connectivity index (χ1) is 9.54. The molecule has 0 saturated carbocycles. The van der Waals surface area contributed by atoms with E-state index in [2.05, 4.69) is 35.0 Å². The van der Waals surface area contributed by atoms with Gasteiger partial charge >= 0.3 is 0 Å². The lowest BCUT2D eigenvalue weighted by molar-refractivity contribution is 0.0801. The Balaban J connectivity index is 1.86. The van der Waals surface area contributed by atoms with Crippen LogP contribution in [0.15, 0.2) is 36.7 Å². The van der Waals surface area contributed by atoms with Crippen molar-refractivity contribution in [1.29, 1.82) is 0 Å². The van der Waals surface area contributed by atoms with Crippen LogP contribution in [0.5, 0.6) is 0 Å². The highest BCUT2D eigenvalue weighted by atomic mass is 28.3. The van der Waals surface area contributed by atoms with E-state index in [0.29, 0.717) is 6.73 Å². The largest absolute Gasteiger partial charge is 0.359 e. The summed E-state index contributed by atoms with van der Waals surface area (Å²) in [4.78, 5) is 4.24. The molecule has 0 bridgehead atoms. The molecule has 0 aliphatic heterocycles. The van der Waals surface area contributed by atoms with Crippen LogP contribution < -0.4 is 5.32 Å². The summed E-state index contributed by atoms with van der Waals surface area (Å²) in [5.74, 6) is 1.69. The average Bonchev–Trinajstić information content (AvgIpc) is 2.82. The molecule has 0 unspecified atom stereocenters. The van der Waals surface area contributed by atoms with Crippen molar-refractivity contribution in [3.63, 3.8) is 0 Å². The summed E-state index contributed by atoms with van der Waals surface area (Å²) < 4.78 is 7.51. The fourth-order valence-corrected chi connectivity index (χ4v) is 2.40. The fourth-order valence-electron chi connectivity index (χ4n) is 1.64. The first kappa shape index (κ1) is 14.7. The van der Waals surface area contributed by atoms with Gasteiger partial charge in [-0.2, -0.15) is 5.10 Å². The van der Waals surface area contributed by atoms with E-state index in [-0.39, 0.29) is 0 Å². The number of rotatable bonds is 7. The first-order valence-electron chi connectivity index (χ1n) is 6.82. The monoisotopic (exact) mass is 290 g/mol. The zero-order valence-corrected chi connectivity index (χ0v) is 13.3. The van der Waals surface area contributed by atoms with Crippen LogP contribution in [0.4, 0.5) is 11.6 Å². The minimum atomic E-state index is -1.03. The Kier molecular flexibility index (Phi) is 4.92. The second-order valence-electron chi connectivity index (χ2n) is 5.90. The second kappa shape index (κ2) is 6.67. The highest BCUT2D eigenvalue weighted by Crippen LogP contribution is 2.14. The molecule has 0 atom stereocenters. The molecule has 0 aliphatic carbocycles. The predicted molar refractivity (Wildman–Crippen MR) is 83.9 cm³/mol. The smallest absolute Gasteiger partial charge is 0.141 e. The van der Waals surface area contributed by atoms with Gasteiger partial charge < -0.3 is 10.1 Å². The van der Waals surface area contributed by atoms with Crippen molar-refractivity contribution in [1.82, 2.24) is 14.8 Å². The van der Waals surface area contributed by atoms with E-state index in [1.807, 2.05) is 24.3 Å². The van der Waals surface area contributed by atoms with Crippen molar-refractivity contribution in [3.8, 4) is 0 Å². The Labute approximate surface area is 121 Å². The number of anilines is 2. The molecule has 2 heterocycles. The zero-order chi connectivity index (χ0) is 14.4. The highest BCUT2D eigenvalue weighted by molar-refractivity contribution is 6.76. The van der Waals surface area contributed by atoms with E-state index in [1.54, 1.807) is 17.1 Å². The summed E-state index contributed by atoms with van der Waals surface area (Å²) in [6.07, 6.45) is 3.51. The number of aromatic nitrogens is 3. The molecule has 20 heavy (non-hydrogen) atoms. The van der Waals surface area contributed by atoms with Crippen LogP contribution in [-0.4, -0.2) is 29.4 Å². The van der Waals surface area contributed by atoms with Crippen molar-refractivity contribution in [2.45, 2.75) is 32.4 Å². The molecule has 6 heteroatoms. The third-order valence-corrected chi connectivity index (χ3v) is 4.55. The summed E-state index contributed by atoms with van der Waals surface area (Å²) in [6.45, 7) is 8.29. The standard InChI is InChI=1S/C14H22N4OSi/c1-20(2,3)11-10-19-12-18-14(7-9-16-18)17-13-6-4-5-8-15-13/h4-9H,10-12H2,1-3H3,(H,15,17). The number of hydrogen-bond acceptors (Lipinski definition) is 4. The second-order valence-corrected chi connectivity index (χ2v) is 11.5. The molecular weight excluding hydrogens is 268 g/mol. The molecule has 0 aromatic carbocycles. The molecule has 5 nitrogen and oxygen atoms in total. The van der Waals surface area contributed by atoms with Crippen LogP contribution in [-0.2, 0) is 11.5 Å². The van der Waals surface area contributed by atoms with Crippen LogP contribution in [0.3, 0.4) is 0 Å². The van der Waals surface area contributed by atoms with Crippen LogP contribution in [0, 0.1) is 0 Å².